The first kappa shape index (κ1) is 15.9. The van der Waals surface area contributed by atoms with Crippen molar-refractivity contribution in [1.82, 2.24) is 0 Å². The molecule has 1 heterocycles. The van der Waals surface area contributed by atoms with Gasteiger partial charge in [-0.3, -0.25) is 0 Å². The van der Waals surface area contributed by atoms with E-state index in [2.05, 4.69) is 20.8 Å². The average Bonchev–Trinajstić information content (AvgIpc) is 2.69. The topological polar surface area (TPSA) is 20.2 Å². The van der Waals surface area contributed by atoms with Gasteiger partial charge in [-0.2, -0.15) is 0 Å². The molecule has 0 aromatic heterocycles. The van der Waals surface area contributed by atoms with Crippen molar-refractivity contribution in [2.24, 2.45) is 11.8 Å². The third kappa shape index (κ3) is 3.07. The summed E-state index contributed by atoms with van der Waals surface area (Å²) in [5.41, 5.74) is 0. The predicted octanol–water partition coefficient (Wildman–Crippen LogP) is 4.49. The zero-order valence-corrected chi connectivity index (χ0v) is 17.0. The van der Waals surface area contributed by atoms with Crippen LogP contribution in [0.1, 0.15) is 60.3 Å². The van der Waals surface area contributed by atoms with E-state index in [1.54, 1.807) is 3.98 Å². The van der Waals surface area contributed by atoms with Crippen molar-refractivity contribution in [1.29, 1.82) is 0 Å². The molecule has 0 bridgehead atoms. The van der Waals surface area contributed by atoms with E-state index in [1.807, 2.05) is 13.8 Å². The molecule has 1 saturated carbocycles. The van der Waals surface area contributed by atoms with Gasteiger partial charge in [-0.1, -0.05) is 13.8 Å². The Morgan fingerprint density at radius 2 is 2.00 bits per heavy atom. The van der Waals surface area contributed by atoms with Gasteiger partial charge in [0, 0.05) is 0 Å². The number of hydrogen-bond acceptors (Lipinski definition) is 1. The summed E-state index contributed by atoms with van der Waals surface area (Å²) in [6, 6.07) is 0. The molecule has 4 atom stereocenters. The summed E-state index contributed by atoms with van der Waals surface area (Å²) in [5.74, 6) is 2.01. The van der Waals surface area contributed by atoms with Crippen LogP contribution in [-0.2, 0) is 0 Å². The average molecular weight is 432 g/mol. The fraction of sp³-hybridized carbons (Fsp3) is 1.00. The quantitative estimate of drug-likeness (QED) is 0.639. The standard InChI is InChI=1S/C10H18.C3H7O.C2H6.Tl/c1-4-10-8(2)6-5-7-9(10)3;1-2-3-4;1-2;/h8,10H,1,4-7H2,2-3H3;2,4H,3H2,1H3;1-2H3;. The maximum absolute atomic E-state index is 9.42. The van der Waals surface area contributed by atoms with Crippen LogP contribution in [0.4, 0.5) is 0 Å². The summed E-state index contributed by atoms with van der Waals surface area (Å²) in [6.07, 6.45) is 5.93. The molecule has 3 unspecified atom stereocenters. The van der Waals surface area contributed by atoms with Crippen LogP contribution in [-0.4, -0.2) is 34.4 Å². The zero-order valence-electron chi connectivity index (χ0n) is 12.5. The minimum absolute atomic E-state index is 0.475. The van der Waals surface area contributed by atoms with Gasteiger partial charge in [0.2, 0.25) is 0 Å². The Morgan fingerprint density at radius 1 is 1.35 bits per heavy atom. The van der Waals surface area contributed by atoms with Gasteiger partial charge in [0.05, 0.1) is 0 Å². The van der Waals surface area contributed by atoms with Gasteiger partial charge in [0.25, 0.3) is 0 Å². The Bertz CT molecular complexity index is 231. The van der Waals surface area contributed by atoms with Gasteiger partial charge in [-0.05, 0) is 0 Å². The van der Waals surface area contributed by atoms with E-state index in [4.69, 9.17) is 0 Å². The summed E-state index contributed by atoms with van der Waals surface area (Å²) in [4.78, 5) is 0. The second-order valence-corrected chi connectivity index (χ2v) is 22.8. The van der Waals surface area contributed by atoms with Gasteiger partial charge < -0.3 is 0 Å². The molecule has 2 heteroatoms. The molecule has 2 fully saturated rings. The van der Waals surface area contributed by atoms with Crippen molar-refractivity contribution in [2.45, 2.75) is 70.7 Å². The summed E-state index contributed by atoms with van der Waals surface area (Å²) >= 11 is -1.61. The monoisotopic (exact) mass is 432 g/mol. The van der Waals surface area contributed by atoms with E-state index in [0.717, 1.165) is 18.3 Å². The Labute approximate surface area is 117 Å². The van der Waals surface area contributed by atoms with Crippen LogP contribution >= 0.6 is 0 Å². The first-order valence-corrected chi connectivity index (χ1v) is 15.7. The van der Waals surface area contributed by atoms with Crippen LogP contribution in [0.15, 0.2) is 0 Å². The first-order chi connectivity index (χ1) is 8.09. The molecule has 2 aliphatic rings. The third-order valence-corrected chi connectivity index (χ3v) is 24.8. The summed E-state index contributed by atoms with van der Waals surface area (Å²) < 4.78 is 3.07. The van der Waals surface area contributed by atoms with E-state index in [0.29, 0.717) is 6.61 Å². The van der Waals surface area contributed by atoms with Gasteiger partial charge in [-0.15, -0.1) is 0 Å². The maximum atomic E-state index is 9.42. The van der Waals surface area contributed by atoms with Crippen LogP contribution in [0.5, 0.6) is 0 Å². The van der Waals surface area contributed by atoms with Gasteiger partial charge in [0.1, 0.15) is 0 Å². The fourth-order valence-electron chi connectivity index (χ4n) is 4.67. The molecular weight excluding hydrogens is 401 g/mol. The number of aliphatic hydroxyl groups excluding tert-OH is 1. The second-order valence-electron chi connectivity index (χ2n) is 6.33. The second kappa shape index (κ2) is 6.88. The SMILES string of the molecule is CC.CC1CCC[C]2(C)C1C[CH2][Tl]2[C@H](C)CO. The number of hydrogen-bond donors (Lipinski definition) is 1. The van der Waals surface area contributed by atoms with Crippen molar-refractivity contribution in [3.05, 3.63) is 0 Å². The predicted molar refractivity (Wildman–Crippen MR) is 77.9 cm³/mol. The fourth-order valence-corrected chi connectivity index (χ4v) is 24.6. The molecule has 1 aliphatic carbocycles. The Balaban J connectivity index is 0.000000686. The molecule has 2 rings (SSSR count). The molecular formula is C15H31OTl. The molecule has 1 N–H and O–H groups in total. The Morgan fingerprint density at radius 3 is 2.59 bits per heavy atom. The number of aliphatic hydroxyl groups is 1. The number of fused-ring (bicyclic) bond motifs is 1. The van der Waals surface area contributed by atoms with Gasteiger partial charge >= 0.3 is 103 Å². The summed E-state index contributed by atoms with van der Waals surface area (Å²) in [5, 5.41) is 9.42. The minimum atomic E-state index is -1.61. The molecule has 0 aromatic rings. The third-order valence-electron chi connectivity index (χ3n) is 5.52. The Kier molecular flexibility index (Phi) is 6.45. The first-order valence-electron chi connectivity index (χ1n) is 7.70. The summed E-state index contributed by atoms with van der Waals surface area (Å²) in [7, 11) is 0. The van der Waals surface area contributed by atoms with Crippen molar-refractivity contribution in [3.8, 4) is 0 Å². The van der Waals surface area contributed by atoms with E-state index < -0.39 is 22.7 Å². The van der Waals surface area contributed by atoms with E-state index in [1.165, 1.54) is 25.7 Å². The van der Waals surface area contributed by atoms with Crippen LogP contribution in [0, 0.1) is 11.8 Å². The van der Waals surface area contributed by atoms with Crippen molar-refractivity contribution < 1.29 is 5.11 Å². The van der Waals surface area contributed by atoms with E-state index >= 15 is 0 Å². The van der Waals surface area contributed by atoms with E-state index in [9.17, 15) is 5.11 Å². The van der Waals surface area contributed by atoms with Crippen molar-refractivity contribution in [2.75, 3.05) is 6.61 Å². The molecule has 100 valence electrons. The molecule has 0 amide bonds. The molecule has 1 aliphatic heterocycles. The van der Waals surface area contributed by atoms with Crippen molar-refractivity contribution in [3.63, 3.8) is 0 Å². The molecule has 1 saturated heterocycles. The van der Waals surface area contributed by atoms with E-state index in [-0.39, 0.29) is 0 Å². The van der Waals surface area contributed by atoms with Gasteiger partial charge in [-0.25, -0.2) is 0 Å². The Hall–Kier alpha value is 0.882. The van der Waals surface area contributed by atoms with Gasteiger partial charge in [0.15, 0.2) is 0 Å². The van der Waals surface area contributed by atoms with Crippen LogP contribution in [0.25, 0.3) is 0 Å². The molecule has 0 spiro atoms. The number of rotatable bonds is 2. The summed E-state index contributed by atoms with van der Waals surface area (Å²) in [6.45, 7) is 11.9. The van der Waals surface area contributed by atoms with Crippen molar-refractivity contribution >= 4 is 22.7 Å². The molecule has 17 heavy (non-hydrogen) atoms. The molecule has 1 nitrogen and oxygen atoms in total. The van der Waals surface area contributed by atoms with Crippen LogP contribution < -0.4 is 0 Å². The molecule has 0 aromatic carbocycles. The zero-order chi connectivity index (χ0) is 13.1. The molecule has 0 radical (unpaired) electrons. The van der Waals surface area contributed by atoms with Crippen LogP contribution in [0.2, 0.25) is 10.4 Å². The van der Waals surface area contributed by atoms with Crippen LogP contribution in [0.3, 0.4) is 0 Å². The normalized spacial score (nSPS) is 38.1.